The van der Waals surface area contributed by atoms with Crippen LogP contribution in [-0.2, 0) is 0 Å². The predicted octanol–water partition coefficient (Wildman–Crippen LogP) is 4.19. The first-order valence-corrected chi connectivity index (χ1v) is 7.57. The Morgan fingerprint density at radius 1 is 1.43 bits per heavy atom. The Kier molecular flexibility index (Phi) is 4.93. The lowest BCUT2D eigenvalue weighted by Gasteiger charge is -2.16. The number of hydrogen-bond acceptors (Lipinski definition) is 4. The van der Waals surface area contributed by atoms with Gasteiger partial charge in [0.15, 0.2) is 0 Å². The maximum Gasteiger partial charge on any atom is 0.288 e. The average molecular weight is 325 g/mol. The van der Waals surface area contributed by atoms with Crippen molar-refractivity contribution in [3.8, 4) is 0 Å². The van der Waals surface area contributed by atoms with E-state index in [1.165, 1.54) is 18.2 Å². The lowest BCUT2D eigenvalue weighted by molar-refractivity contribution is -0.384. The summed E-state index contributed by atoms with van der Waals surface area (Å²) in [4.78, 5) is 23.6. The van der Waals surface area contributed by atoms with Crippen LogP contribution in [0.1, 0.15) is 34.6 Å². The van der Waals surface area contributed by atoms with Crippen LogP contribution in [0.5, 0.6) is 0 Å². The van der Waals surface area contributed by atoms with E-state index in [0.717, 1.165) is 11.3 Å². The number of hydrogen-bond donors (Lipinski definition) is 1. The number of nitrogens with one attached hydrogen (secondary N) is 1. The van der Waals surface area contributed by atoms with Crippen molar-refractivity contribution < 1.29 is 9.72 Å². The number of nitro groups is 1. The second-order valence-corrected chi connectivity index (χ2v) is 5.70. The van der Waals surface area contributed by atoms with E-state index in [-0.39, 0.29) is 22.3 Å². The first-order chi connectivity index (χ1) is 10.0. The molecule has 1 heterocycles. The summed E-state index contributed by atoms with van der Waals surface area (Å²) < 4.78 is 0. The molecule has 5 nitrogen and oxygen atoms in total. The van der Waals surface area contributed by atoms with Crippen molar-refractivity contribution >= 4 is 34.5 Å². The number of amides is 1. The van der Waals surface area contributed by atoms with Gasteiger partial charge in [0.25, 0.3) is 11.6 Å². The highest BCUT2D eigenvalue weighted by atomic mass is 35.5. The molecule has 0 aliphatic rings. The monoisotopic (exact) mass is 324 g/mol. The molecular formula is C14H13ClN2O3S. The maximum absolute atomic E-state index is 12.3. The number of nitrogens with zero attached hydrogens (tertiary/aromatic N) is 1. The van der Waals surface area contributed by atoms with E-state index in [1.807, 2.05) is 24.4 Å². The normalized spacial score (nSPS) is 11.9. The Morgan fingerprint density at radius 3 is 2.76 bits per heavy atom. The van der Waals surface area contributed by atoms with Crippen LogP contribution in [0.25, 0.3) is 0 Å². The van der Waals surface area contributed by atoms with Crippen molar-refractivity contribution in [2.75, 3.05) is 0 Å². The van der Waals surface area contributed by atoms with Crippen LogP contribution >= 0.6 is 22.9 Å². The van der Waals surface area contributed by atoms with Gasteiger partial charge in [-0.25, -0.2) is 0 Å². The zero-order valence-electron chi connectivity index (χ0n) is 11.2. The summed E-state index contributed by atoms with van der Waals surface area (Å²) in [7, 11) is 0. The van der Waals surface area contributed by atoms with Gasteiger partial charge in [0.2, 0.25) is 0 Å². The van der Waals surface area contributed by atoms with Gasteiger partial charge in [0.1, 0.15) is 5.02 Å². The number of halogens is 1. The summed E-state index contributed by atoms with van der Waals surface area (Å²) in [6.07, 6.45) is 0.721. The summed E-state index contributed by atoms with van der Waals surface area (Å²) >= 11 is 7.50. The maximum atomic E-state index is 12.3. The quantitative estimate of drug-likeness (QED) is 0.662. The van der Waals surface area contributed by atoms with Gasteiger partial charge in [-0.05, 0) is 23.9 Å². The molecule has 0 radical (unpaired) electrons. The Hall–Kier alpha value is -1.92. The molecule has 1 atom stereocenters. The Morgan fingerprint density at radius 2 is 2.19 bits per heavy atom. The van der Waals surface area contributed by atoms with E-state index in [0.29, 0.717) is 0 Å². The third kappa shape index (κ3) is 3.40. The van der Waals surface area contributed by atoms with Gasteiger partial charge in [0.05, 0.1) is 16.5 Å². The number of carbonyl (C=O) groups is 1. The summed E-state index contributed by atoms with van der Waals surface area (Å²) in [5.74, 6) is -0.413. The first-order valence-electron chi connectivity index (χ1n) is 6.31. The molecule has 2 aromatic rings. The van der Waals surface area contributed by atoms with Crippen LogP contribution in [0, 0.1) is 10.1 Å². The number of nitro benzene ring substituents is 1. The van der Waals surface area contributed by atoms with Gasteiger partial charge in [0, 0.05) is 10.9 Å². The van der Waals surface area contributed by atoms with Crippen LogP contribution in [0.15, 0.2) is 35.7 Å². The molecule has 7 heteroatoms. The minimum absolute atomic E-state index is 0.112. The Bertz CT molecular complexity index is 658. The second-order valence-electron chi connectivity index (χ2n) is 4.35. The van der Waals surface area contributed by atoms with E-state index in [4.69, 9.17) is 11.6 Å². The number of benzene rings is 1. The van der Waals surface area contributed by atoms with Crippen LogP contribution < -0.4 is 5.32 Å². The largest absolute Gasteiger partial charge is 0.344 e. The summed E-state index contributed by atoms with van der Waals surface area (Å²) in [6.45, 7) is 1.96. The summed E-state index contributed by atoms with van der Waals surface area (Å²) in [5, 5.41) is 15.5. The minimum atomic E-state index is -0.602. The lowest BCUT2D eigenvalue weighted by Crippen LogP contribution is -2.28. The SMILES string of the molecule is CCC(NC(=O)c1cccc([N+](=O)[O-])c1Cl)c1cccs1. The van der Waals surface area contributed by atoms with Gasteiger partial charge in [-0.2, -0.15) is 0 Å². The molecule has 21 heavy (non-hydrogen) atoms. The predicted molar refractivity (Wildman–Crippen MR) is 82.9 cm³/mol. The molecule has 0 bridgehead atoms. The third-order valence-corrected chi connectivity index (χ3v) is 4.40. The van der Waals surface area contributed by atoms with Gasteiger partial charge >= 0.3 is 0 Å². The molecule has 1 unspecified atom stereocenters. The third-order valence-electron chi connectivity index (χ3n) is 3.02. The average Bonchev–Trinajstić information content (AvgIpc) is 2.98. The Labute approximate surface area is 130 Å². The van der Waals surface area contributed by atoms with Gasteiger partial charge in [-0.3, -0.25) is 14.9 Å². The number of thiophene rings is 1. The molecule has 0 saturated heterocycles. The molecule has 1 aromatic carbocycles. The van der Waals surface area contributed by atoms with Crippen LogP contribution in [0.2, 0.25) is 5.02 Å². The molecule has 0 aliphatic heterocycles. The van der Waals surface area contributed by atoms with Crippen LogP contribution in [-0.4, -0.2) is 10.8 Å². The molecule has 0 aliphatic carbocycles. The Balaban J connectivity index is 2.24. The van der Waals surface area contributed by atoms with Crippen molar-refractivity contribution in [2.24, 2.45) is 0 Å². The highest BCUT2D eigenvalue weighted by Crippen LogP contribution is 2.29. The second kappa shape index (κ2) is 6.69. The van der Waals surface area contributed by atoms with Crippen molar-refractivity contribution in [3.05, 3.63) is 61.3 Å². The first kappa shape index (κ1) is 15.5. The fraction of sp³-hybridized carbons (Fsp3) is 0.214. The van der Waals surface area contributed by atoms with E-state index in [9.17, 15) is 14.9 Å². The van der Waals surface area contributed by atoms with Crippen molar-refractivity contribution in [1.82, 2.24) is 5.32 Å². The highest BCUT2D eigenvalue weighted by Gasteiger charge is 2.22. The zero-order valence-corrected chi connectivity index (χ0v) is 12.8. The molecule has 1 aromatic heterocycles. The highest BCUT2D eigenvalue weighted by molar-refractivity contribution is 7.10. The number of carbonyl (C=O) groups excluding carboxylic acids is 1. The van der Waals surface area contributed by atoms with Gasteiger partial charge in [-0.1, -0.05) is 30.7 Å². The van der Waals surface area contributed by atoms with E-state index >= 15 is 0 Å². The van der Waals surface area contributed by atoms with Crippen molar-refractivity contribution in [1.29, 1.82) is 0 Å². The van der Waals surface area contributed by atoms with E-state index in [2.05, 4.69) is 5.32 Å². The van der Waals surface area contributed by atoms with Crippen LogP contribution in [0.4, 0.5) is 5.69 Å². The molecule has 1 amide bonds. The lowest BCUT2D eigenvalue weighted by atomic mass is 10.1. The molecule has 0 fully saturated rings. The van der Waals surface area contributed by atoms with Gasteiger partial charge < -0.3 is 5.32 Å². The summed E-state index contributed by atoms with van der Waals surface area (Å²) in [6, 6.07) is 7.92. The fourth-order valence-electron chi connectivity index (χ4n) is 1.94. The van der Waals surface area contributed by atoms with Crippen molar-refractivity contribution in [2.45, 2.75) is 19.4 Å². The molecule has 2 rings (SSSR count). The standard InChI is InChI=1S/C14H13ClN2O3S/c1-2-10(12-7-4-8-21-12)16-14(18)9-5-3-6-11(13(9)15)17(19)20/h3-8,10H,2H2,1H3,(H,16,18). The molecule has 0 saturated carbocycles. The van der Waals surface area contributed by atoms with Crippen molar-refractivity contribution in [3.63, 3.8) is 0 Å². The van der Waals surface area contributed by atoms with E-state index in [1.54, 1.807) is 11.3 Å². The van der Waals surface area contributed by atoms with Gasteiger partial charge in [-0.15, -0.1) is 11.3 Å². The summed E-state index contributed by atoms with van der Waals surface area (Å²) in [5.41, 5.74) is -0.158. The fourth-order valence-corrected chi connectivity index (χ4v) is 3.08. The topological polar surface area (TPSA) is 72.2 Å². The molecule has 0 spiro atoms. The van der Waals surface area contributed by atoms with E-state index < -0.39 is 10.8 Å². The van der Waals surface area contributed by atoms with Crippen LogP contribution in [0.3, 0.4) is 0 Å². The smallest absolute Gasteiger partial charge is 0.288 e. The molecule has 110 valence electrons. The number of rotatable bonds is 5. The molecule has 1 N–H and O–H groups in total. The minimum Gasteiger partial charge on any atom is -0.344 e. The molecular weight excluding hydrogens is 312 g/mol. The zero-order chi connectivity index (χ0) is 15.4.